The van der Waals surface area contributed by atoms with E-state index < -0.39 is 0 Å². The zero-order valence-electron chi connectivity index (χ0n) is 13.9. The second-order valence-electron chi connectivity index (χ2n) is 5.62. The number of amides is 1. The summed E-state index contributed by atoms with van der Waals surface area (Å²) in [5.74, 6) is -0.198. The normalized spacial score (nSPS) is 11.1. The maximum Gasteiger partial charge on any atom is 0.273 e. The SMILES string of the molecule is Cc1ccsc1/C=N/NC(=O)c1cc(C)n(-c2ccccc2)c1C. The second kappa shape index (κ2) is 6.84. The summed E-state index contributed by atoms with van der Waals surface area (Å²) in [6.07, 6.45) is 1.69. The number of aromatic nitrogens is 1. The van der Waals surface area contributed by atoms with Crippen LogP contribution in [0.5, 0.6) is 0 Å². The highest BCUT2D eigenvalue weighted by molar-refractivity contribution is 7.11. The molecule has 0 spiro atoms. The van der Waals surface area contributed by atoms with E-state index in [1.54, 1.807) is 17.6 Å². The van der Waals surface area contributed by atoms with Crippen molar-refractivity contribution < 1.29 is 4.79 Å². The van der Waals surface area contributed by atoms with Crippen LogP contribution in [0.15, 0.2) is 52.9 Å². The first-order chi connectivity index (χ1) is 11.6. The summed E-state index contributed by atoms with van der Waals surface area (Å²) in [5, 5.41) is 6.09. The van der Waals surface area contributed by atoms with E-state index in [0.29, 0.717) is 5.56 Å². The lowest BCUT2D eigenvalue weighted by atomic mass is 10.2. The van der Waals surface area contributed by atoms with Gasteiger partial charge in [-0.15, -0.1) is 11.3 Å². The number of benzene rings is 1. The fraction of sp³-hybridized carbons (Fsp3) is 0.158. The molecule has 0 fully saturated rings. The average molecular weight is 337 g/mol. The van der Waals surface area contributed by atoms with Crippen molar-refractivity contribution in [2.75, 3.05) is 0 Å². The van der Waals surface area contributed by atoms with Crippen LogP contribution in [-0.2, 0) is 0 Å². The minimum absolute atomic E-state index is 0.198. The molecule has 1 N–H and O–H groups in total. The van der Waals surface area contributed by atoms with E-state index in [1.165, 1.54) is 0 Å². The van der Waals surface area contributed by atoms with E-state index in [2.05, 4.69) is 15.1 Å². The zero-order valence-corrected chi connectivity index (χ0v) is 14.7. The molecule has 0 aliphatic heterocycles. The molecule has 0 atom stereocenters. The molecule has 3 aromatic rings. The first kappa shape index (κ1) is 16.2. The summed E-state index contributed by atoms with van der Waals surface area (Å²) in [7, 11) is 0. The minimum Gasteiger partial charge on any atom is -0.318 e. The van der Waals surface area contributed by atoms with E-state index >= 15 is 0 Å². The maximum atomic E-state index is 12.4. The van der Waals surface area contributed by atoms with Crippen LogP contribution in [-0.4, -0.2) is 16.7 Å². The van der Waals surface area contributed by atoms with Crippen LogP contribution in [0.25, 0.3) is 5.69 Å². The van der Waals surface area contributed by atoms with Crippen molar-refractivity contribution in [2.45, 2.75) is 20.8 Å². The lowest BCUT2D eigenvalue weighted by Gasteiger charge is -2.09. The van der Waals surface area contributed by atoms with Gasteiger partial charge < -0.3 is 4.57 Å². The third-order valence-corrected chi connectivity index (χ3v) is 4.89. The molecular formula is C19H19N3OS. The largest absolute Gasteiger partial charge is 0.318 e. The number of thiophene rings is 1. The van der Waals surface area contributed by atoms with E-state index in [4.69, 9.17) is 0 Å². The Labute approximate surface area is 145 Å². The lowest BCUT2D eigenvalue weighted by Crippen LogP contribution is -2.18. The van der Waals surface area contributed by atoms with Gasteiger partial charge in [-0.3, -0.25) is 4.79 Å². The molecule has 0 aliphatic carbocycles. The molecular weight excluding hydrogens is 318 g/mol. The smallest absolute Gasteiger partial charge is 0.273 e. The van der Waals surface area contributed by atoms with Gasteiger partial charge in [0.1, 0.15) is 0 Å². The number of carbonyl (C=O) groups excluding carboxylic acids is 1. The number of hydrogen-bond acceptors (Lipinski definition) is 3. The third-order valence-electron chi connectivity index (χ3n) is 3.94. The van der Waals surface area contributed by atoms with Gasteiger partial charge in [0.2, 0.25) is 0 Å². The fourth-order valence-electron chi connectivity index (χ4n) is 2.69. The van der Waals surface area contributed by atoms with E-state index in [1.807, 2.05) is 68.6 Å². The average Bonchev–Trinajstić information content (AvgIpc) is 3.11. The standard InChI is InChI=1S/C19H19N3OS/c1-13-9-10-24-18(13)12-20-21-19(23)17-11-14(2)22(15(17)3)16-7-5-4-6-8-16/h4-12H,1-3H3,(H,21,23)/b20-12+. The van der Waals surface area contributed by atoms with Crippen molar-refractivity contribution in [3.05, 3.63) is 75.2 Å². The van der Waals surface area contributed by atoms with Crippen LogP contribution >= 0.6 is 11.3 Å². The lowest BCUT2D eigenvalue weighted by molar-refractivity contribution is 0.0954. The van der Waals surface area contributed by atoms with Crippen LogP contribution in [0, 0.1) is 20.8 Å². The molecule has 5 heteroatoms. The number of hydrogen-bond donors (Lipinski definition) is 1. The molecule has 2 heterocycles. The Bertz CT molecular complexity index is 891. The highest BCUT2D eigenvalue weighted by atomic mass is 32.1. The predicted octanol–water partition coefficient (Wildman–Crippen LogP) is 4.23. The number of aryl methyl sites for hydroxylation is 2. The van der Waals surface area contributed by atoms with Crippen molar-refractivity contribution in [2.24, 2.45) is 5.10 Å². The summed E-state index contributed by atoms with van der Waals surface area (Å²) in [4.78, 5) is 13.5. The van der Waals surface area contributed by atoms with Gasteiger partial charge in [-0.25, -0.2) is 5.43 Å². The van der Waals surface area contributed by atoms with Gasteiger partial charge in [0, 0.05) is 22.0 Å². The van der Waals surface area contributed by atoms with Gasteiger partial charge in [0.05, 0.1) is 11.8 Å². The molecule has 1 aromatic carbocycles. The van der Waals surface area contributed by atoms with Gasteiger partial charge in [-0.05, 0) is 56.0 Å². The van der Waals surface area contributed by atoms with Crippen LogP contribution in [0.3, 0.4) is 0 Å². The third kappa shape index (κ3) is 3.16. The maximum absolute atomic E-state index is 12.4. The molecule has 2 aromatic heterocycles. The first-order valence-electron chi connectivity index (χ1n) is 7.70. The molecule has 0 unspecified atom stereocenters. The van der Waals surface area contributed by atoms with Crippen molar-refractivity contribution in [3.63, 3.8) is 0 Å². The number of carbonyl (C=O) groups is 1. The molecule has 122 valence electrons. The van der Waals surface area contributed by atoms with E-state index in [0.717, 1.165) is 27.5 Å². The first-order valence-corrected chi connectivity index (χ1v) is 8.57. The fourth-order valence-corrected chi connectivity index (χ4v) is 3.48. The summed E-state index contributed by atoms with van der Waals surface area (Å²) in [6.45, 7) is 5.96. The number of para-hydroxylation sites is 1. The predicted molar refractivity (Wildman–Crippen MR) is 99.4 cm³/mol. The van der Waals surface area contributed by atoms with Gasteiger partial charge in [-0.1, -0.05) is 18.2 Å². The van der Waals surface area contributed by atoms with Crippen LogP contribution in [0.1, 0.15) is 32.2 Å². The molecule has 0 saturated heterocycles. The van der Waals surface area contributed by atoms with Crippen molar-refractivity contribution >= 4 is 23.5 Å². The van der Waals surface area contributed by atoms with Gasteiger partial charge >= 0.3 is 0 Å². The molecule has 4 nitrogen and oxygen atoms in total. The Balaban J connectivity index is 1.81. The summed E-state index contributed by atoms with van der Waals surface area (Å²) in [5.41, 5.74) is 7.37. The number of nitrogens with one attached hydrogen (secondary N) is 1. The summed E-state index contributed by atoms with van der Waals surface area (Å²) in [6, 6.07) is 13.9. The van der Waals surface area contributed by atoms with Crippen molar-refractivity contribution in [3.8, 4) is 5.69 Å². The number of rotatable bonds is 4. The highest BCUT2D eigenvalue weighted by Gasteiger charge is 2.16. The number of nitrogens with zero attached hydrogens (tertiary/aromatic N) is 2. The molecule has 0 saturated carbocycles. The van der Waals surface area contributed by atoms with Gasteiger partial charge in [0.15, 0.2) is 0 Å². The molecule has 24 heavy (non-hydrogen) atoms. The summed E-state index contributed by atoms with van der Waals surface area (Å²) < 4.78 is 2.07. The van der Waals surface area contributed by atoms with Crippen LogP contribution in [0.2, 0.25) is 0 Å². The van der Waals surface area contributed by atoms with Crippen LogP contribution < -0.4 is 5.43 Å². The minimum atomic E-state index is -0.198. The van der Waals surface area contributed by atoms with Crippen molar-refractivity contribution in [1.29, 1.82) is 0 Å². The Kier molecular flexibility index (Phi) is 4.62. The van der Waals surface area contributed by atoms with Crippen molar-refractivity contribution in [1.82, 2.24) is 9.99 Å². The Morgan fingerprint density at radius 3 is 2.58 bits per heavy atom. The number of hydrazone groups is 1. The molecule has 0 aliphatic rings. The molecule has 1 amide bonds. The van der Waals surface area contributed by atoms with Gasteiger partial charge in [-0.2, -0.15) is 5.10 Å². The Morgan fingerprint density at radius 2 is 1.92 bits per heavy atom. The molecule has 0 radical (unpaired) electrons. The second-order valence-corrected chi connectivity index (χ2v) is 6.57. The Morgan fingerprint density at radius 1 is 1.17 bits per heavy atom. The topological polar surface area (TPSA) is 46.4 Å². The zero-order chi connectivity index (χ0) is 17.1. The quantitative estimate of drug-likeness (QED) is 0.562. The highest BCUT2D eigenvalue weighted by Crippen LogP contribution is 2.20. The monoisotopic (exact) mass is 337 g/mol. The molecule has 3 rings (SSSR count). The molecule has 0 bridgehead atoms. The van der Waals surface area contributed by atoms with E-state index in [9.17, 15) is 4.79 Å². The van der Waals surface area contributed by atoms with E-state index in [-0.39, 0.29) is 5.91 Å². The van der Waals surface area contributed by atoms with Crippen LogP contribution in [0.4, 0.5) is 0 Å². The van der Waals surface area contributed by atoms with Gasteiger partial charge in [0.25, 0.3) is 5.91 Å². The Hall–Kier alpha value is -2.66. The summed E-state index contributed by atoms with van der Waals surface area (Å²) >= 11 is 1.60.